The molecule has 0 aromatic heterocycles. The van der Waals surface area contributed by atoms with Crippen LogP contribution in [0.5, 0.6) is 0 Å². The second-order valence-corrected chi connectivity index (χ2v) is 6.72. The number of hydrogen-bond donors (Lipinski definition) is 6. The summed E-state index contributed by atoms with van der Waals surface area (Å²) in [5.74, 6) is 0. The van der Waals surface area contributed by atoms with Gasteiger partial charge < -0.3 is 29.4 Å². The van der Waals surface area contributed by atoms with Crippen molar-refractivity contribution in [1.29, 1.82) is 0 Å². The van der Waals surface area contributed by atoms with Crippen molar-refractivity contribution >= 4 is 37.1 Å². The molecule has 0 unspecified atom stereocenters. The summed E-state index contributed by atoms with van der Waals surface area (Å²) >= 11 is 7.21. The van der Waals surface area contributed by atoms with Crippen LogP contribution < -0.4 is 0 Å². The van der Waals surface area contributed by atoms with Crippen LogP contribution in [0.1, 0.15) is 28.2 Å². The Bertz CT molecular complexity index is 187. The highest BCUT2D eigenvalue weighted by atomic mass is 32.5. The molecule has 6 N–H and O–H groups in total. The van der Waals surface area contributed by atoms with Crippen LogP contribution in [0.3, 0.4) is 0 Å². The minimum atomic E-state index is -3.81. The summed E-state index contributed by atoms with van der Waals surface area (Å²) < 4.78 is 0. The lowest BCUT2D eigenvalue weighted by Gasteiger charge is -1.88. The zero-order valence-electron chi connectivity index (χ0n) is 7.39. The van der Waals surface area contributed by atoms with Crippen LogP contribution in [-0.4, -0.2) is 29.4 Å². The molecule has 0 aliphatic carbocycles. The van der Waals surface area contributed by atoms with Crippen molar-refractivity contribution < 1.29 is 29.4 Å². The SMILES string of the molecule is C.C.C=CCC.OP(O)(O)=S.OP(O)(O)=S. The number of rotatable bonds is 1. The molecule has 0 radical (unpaired) electrons. The van der Waals surface area contributed by atoms with Gasteiger partial charge in [-0.3, -0.25) is 0 Å². The molecule has 0 rings (SSSR count). The largest absolute Gasteiger partial charge is 0.325 e. The van der Waals surface area contributed by atoms with E-state index in [2.05, 4.69) is 37.1 Å². The van der Waals surface area contributed by atoms with Crippen LogP contribution in [0.15, 0.2) is 12.7 Å². The molecule has 0 spiro atoms. The number of allylic oxidation sites excluding steroid dienone is 1. The van der Waals surface area contributed by atoms with Crippen molar-refractivity contribution in [1.82, 2.24) is 0 Å². The van der Waals surface area contributed by atoms with E-state index in [9.17, 15) is 0 Å². The van der Waals surface area contributed by atoms with E-state index in [4.69, 9.17) is 29.4 Å². The van der Waals surface area contributed by atoms with Crippen molar-refractivity contribution in [3.05, 3.63) is 12.7 Å². The fourth-order valence-electron chi connectivity index (χ4n) is 0. The zero-order chi connectivity index (χ0) is 12.4. The van der Waals surface area contributed by atoms with Crippen LogP contribution in [0.2, 0.25) is 0 Å². The minimum Gasteiger partial charge on any atom is -0.325 e. The molecule has 0 atom stereocenters. The van der Waals surface area contributed by atoms with Gasteiger partial charge in [-0.15, -0.1) is 6.58 Å². The highest BCUT2D eigenvalue weighted by Crippen LogP contribution is 2.26. The monoisotopic (exact) mass is 316 g/mol. The molecule has 10 heteroatoms. The quantitative estimate of drug-likeness (QED) is 0.315. The first-order chi connectivity index (χ1) is 5.91. The first-order valence-electron chi connectivity index (χ1n) is 3.09. The van der Waals surface area contributed by atoms with E-state index in [0.29, 0.717) is 0 Å². The van der Waals surface area contributed by atoms with Gasteiger partial charge in [0, 0.05) is 0 Å². The Morgan fingerprint density at radius 1 is 0.938 bits per heavy atom. The van der Waals surface area contributed by atoms with Gasteiger partial charge in [-0.1, -0.05) is 27.9 Å². The standard InChI is InChI=1S/C4H8.2CH4.2H3O3PS/c1-3-4-2;;;2*1-4(2,3)5/h3H,1,4H2,2H3;2*1H4;2*(H3,1,2,3,5). The van der Waals surface area contributed by atoms with Crippen LogP contribution >= 0.6 is 13.4 Å². The lowest BCUT2D eigenvalue weighted by Crippen LogP contribution is -1.65. The summed E-state index contributed by atoms with van der Waals surface area (Å²) in [5.41, 5.74) is 0. The van der Waals surface area contributed by atoms with E-state index in [-0.39, 0.29) is 14.9 Å². The lowest BCUT2D eigenvalue weighted by atomic mass is 10.5. The Labute approximate surface area is 107 Å². The minimum absolute atomic E-state index is 0. The van der Waals surface area contributed by atoms with Crippen molar-refractivity contribution in [2.75, 3.05) is 0 Å². The Morgan fingerprint density at radius 2 is 1.00 bits per heavy atom. The summed E-state index contributed by atoms with van der Waals surface area (Å²) in [5, 5.41) is 0. The summed E-state index contributed by atoms with van der Waals surface area (Å²) in [6.07, 6.45) is 2.96. The van der Waals surface area contributed by atoms with Gasteiger partial charge in [0.1, 0.15) is 0 Å². The highest BCUT2D eigenvalue weighted by Gasteiger charge is 1.92. The van der Waals surface area contributed by atoms with E-state index < -0.39 is 13.4 Å². The van der Waals surface area contributed by atoms with Crippen molar-refractivity contribution in [2.24, 2.45) is 0 Å². The first kappa shape index (κ1) is 30.1. The molecule has 16 heavy (non-hydrogen) atoms. The molecule has 0 aliphatic heterocycles. The molecule has 104 valence electrons. The van der Waals surface area contributed by atoms with Crippen molar-refractivity contribution in [3.63, 3.8) is 0 Å². The molecule has 0 fully saturated rings. The lowest BCUT2D eigenvalue weighted by molar-refractivity contribution is 0.361. The van der Waals surface area contributed by atoms with Crippen LogP contribution in [0, 0.1) is 0 Å². The van der Waals surface area contributed by atoms with Gasteiger partial charge in [0.05, 0.1) is 0 Å². The molecule has 0 saturated carbocycles. The summed E-state index contributed by atoms with van der Waals surface area (Å²) in [6.45, 7) is -2.07. The molecule has 0 amide bonds. The van der Waals surface area contributed by atoms with Crippen molar-refractivity contribution in [2.45, 2.75) is 28.2 Å². The van der Waals surface area contributed by atoms with Gasteiger partial charge in [0.25, 0.3) is 0 Å². The van der Waals surface area contributed by atoms with E-state index in [1.807, 2.05) is 6.08 Å². The Kier molecular flexibility index (Phi) is 29.7. The van der Waals surface area contributed by atoms with E-state index >= 15 is 0 Å². The molecule has 0 heterocycles. The van der Waals surface area contributed by atoms with Gasteiger partial charge >= 0.3 is 13.4 Å². The molecule has 0 saturated heterocycles. The fraction of sp³-hybridized carbons (Fsp3) is 0.667. The maximum atomic E-state index is 7.56. The summed E-state index contributed by atoms with van der Waals surface area (Å²) in [6, 6.07) is 0. The van der Waals surface area contributed by atoms with Gasteiger partial charge in [-0.25, -0.2) is 0 Å². The Balaban J connectivity index is -0.0000000358. The Morgan fingerprint density at radius 3 is 1.00 bits per heavy atom. The zero-order valence-corrected chi connectivity index (χ0v) is 10.8. The molecule has 0 aromatic rings. The third kappa shape index (κ3) is 870. The van der Waals surface area contributed by atoms with Gasteiger partial charge in [-0.2, -0.15) is 0 Å². The maximum absolute atomic E-state index is 7.56. The second-order valence-electron chi connectivity index (χ2n) is 1.72. The average Bonchev–Trinajstić information content (AvgIpc) is 1.79. The molecule has 6 nitrogen and oxygen atoms in total. The topological polar surface area (TPSA) is 121 Å². The van der Waals surface area contributed by atoms with Gasteiger partial charge in [0.15, 0.2) is 0 Å². The summed E-state index contributed by atoms with van der Waals surface area (Å²) in [4.78, 5) is 45.3. The second kappa shape index (κ2) is 15.8. The van der Waals surface area contributed by atoms with Crippen LogP contribution in [0.4, 0.5) is 0 Å². The highest BCUT2D eigenvalue weighted by molar-refractivity contribution is 8.06. The first-order valence-corrected chi connectivity index (χ1v) is 8.41. The maximum Gasteiger partial charge on any atom is 0.319 e. The smallest absolute Gasteiger partial charge is 0.319 e. The third-order valence-electron chi connectivity index (χ3n) is 0.289. The van der Waals surface area contributed by atoms with Crippen molar-refractivity contribution in [3.8, 4) is 0 Å². The van der Waals surface area contributed by atoms with E-state index in [1.54, 1.807) is 0 Å². The molecule has 0 aliphatic rings. The van der Waals surface area contributed by atoms with Crippen LogP contribution in [-0.2, 0) is 23.6 Å². The predicted molar refractivity (Wildman–Crippen MR) is 75.8 cm³/mol. The van der Waals surface area contributed by atoms with Gasteiger partial charge in [0.2, 0.25) is 0 Å². The fourth-order valence-corrected chi connectivity index (χ4v) is 0. The average molecular weight is 316 g/mol. The van der Waals surface area contributed by atoms with E-state index in [0.717, 1.165) is 6.42 Å². The van der Waals surface area contributed by atoms with E-state index in [1.165, 1.54) is 0 Å². The Hall–Kier alpha value is 0.800. The number of hydrogen-bond acceptors (Lipinski definition) is 2. The third-order valence-corrected chi connectivity index (χ3v) is 0.289. The molecular weight excluding hydrogens is 294 g/mol. The molecular formula is C6H22O6P2S2. The molecule has 0 bridgehead atoms. The normalized spacial score (nSPS) is 8.94. The van der Waals surface area contributed by atoms with Crippen LogP contribution in [0.25, 0.3) is 0 Å². The van der Waals surface area contributed by atoms with Gasteiger partial charge in [-0.05, 0) is 30.0 Å². The summed E-state index contributed by atoms with van der Waals surface area (Å²) in [7, 11) is 0. The molecule has 0 aromatic carbocycles. The predicted octanol–water partition coefficient (Wildman–Crippen LogP) is 1.23.